The SMILES string of the molecule is CC(=O)Cc1ccc(CC(=O)NCC(=O)Nc2ccc(S(=O)(=O)[O-])c3c[c-]cc(S(=O)(=O)[O-])c23)cc1.[Na+].[Na+].[Na+]. The van der Waals surface area contributed by atoms with E-state index in [1.807, 2.05) is 0 Å². The fourth-order valence-corrected chi connectivity index (χ4v) is 4.83. The minimum absolute atomic E-state index is 0. The number of benzene rings is 3. The van der Waals surface area contributed by atoms with Gasteiger partial charge in [-0.05, 0) is 29.0 Å². The average Bonchev–Trinajstić information content (AvgIpc) is 2.77. The zero-order valence-electron chi connectivity index (χ0n) is 21.7. The van der Waals surface area contributed by atoms with Gasteiger partial charge in [0.15, 0.2) is 0 Å². The first kappa shape index (κ1) is 38.4. The number of fused-ring (bicyclic) bond motifs is 1. The van der Waals surface area contributed by atoms with Gasteiger partial charge in [0.2, 0.25) is 11.8 Å². The number of ketones is 1. The number of rotatable bonds is 9. The number of nitrogens with one attached hydrogen (secondary N) is 2. The molecule has 0 aromatic heterocycles. The van der Waals surface area contributed by atoms with Crippen LogP contribution < -0.4 is 99.3 Å². The Morgan fingerprint density at radius 1 is 0.769 bits per heavy atom. The third-order valence-corrected chi connectivity index (χ3v) is 6.75. The van der Waals surface area contributed by atoms with E-state index < -0.39 is 59.2 Å². The second-order valence-electron chi connectivity index (χ2n) is 7.82. The maximum absolute atomic E-state index is 12.4. The topological polar surface area (TPSA) is 190 Å². The molecule has 3 aromatic rings. The van der Waals surface area contributed by atoms with E-state index in [9.17, 15) is 40.3 Å². The molecule has 0 unspecified atom stereocenters. The van der Waals surface area contributed by atoms with Gasteiger partial charge in [0.1, 0.15) is 15.9 Å². The van der Waals surface area contributed by atoms with Crippen LogP contribution in [0.1, 0.15) is 18.1 Å². The van der Waals surface area contributed by atoms with Gasteiger partial charge in [0.05, 0.1) is 23.1 Å². The van der Waals surface area contributed by atoms with Crippen molar-refractivity contribution >= 4 is 54.3 Å². The molecule has 39 heavy (non-hydrogen) atoms. The summed E-state index contributed by atoms with van der Waals surface area (Å²) in [6.07, 6.45) is 0.220. The molecular weight excluding hydrogens is 581 g/mol. The summed E-state index contributed by atoms with van der Waals surface area (Å²) in [6.45, 7) is 0.941. The molecule has 0 spiro atoms. The van der Waals surface area contributed by atoms with Crippen molar-refractivity contribution in [1.29, 1.82) is 0 Å². The molecule has 16 heteroatoms. The van der Waals surface area contributed by atoms with E-state index in [1.54, 1.807) is 24.3 Å². The summed E-state index contributed by atoms with van der Waals surface area (Å²) in [5.74, 6) is -1.30. The minimum Gasteiger partial charge on any atom is -0.754 e. The third-order valence-electron chi connectivity index (χ3n) is 4.99. The number of amides is 2. The first-order valence-corrected chi connectivity index (χ1v) is 13.1. The quantitative estimate of drug-likeness (QED) is 0.137. The van der Waals surface area contributed by atoms with Crippen molar-refractivity contribution in [3.63, 3.8) is 0 Å². The Morgan fingerprint density at radius 2 is 1.31 bits per heavy atom. The molecule has 3 aromatic carbocycles. The number of carbonyl (C=O) groups is 3. The molecular formula is C23H19N2Na3O9S2. The Bertz CT molecular complexity index is 1580. The van der Waals surface area contributed by atoms with Crippen LogP contribution in [-0.4, -0.2) is 50.1 Å². The molecule has 0 aliphatic heterocycles. The van der Waals surface area contributed by atoms with E-state index in [0.29, 0.717) is 5.56 Å². The van der Waals surface area contributed by atoms with Gasteiger partial charge in [-0.1, -0.05) is 35.7 Å². The fraction of sp³-hybridized carbons (Fsp3) is 0.174. The van der Waals surface area contributed by atoms with E-state index in [1.165, 1.54) is 6.92 Å². The van der Waals surface area contributed by atoms with Crippen LogP contribution in [0.15, 0.2) is 58.3 Å². The molecule has 190 valence electrons. The largest absolute Gasteiger partial charge is 1.00 e. The summed E-state index contributed by atoms with van der Waals surface area (Å²) in [6, 6.07) is 12.7. The van der Waals surface area contributed by atoms with Crippen LogP contribution in [-0.2, 0) is 47.5 Å². The Kier molecular flexibility index (Phi) is 15.8. The number of anilines is 1. The summed E-state index contributed by atoms with van der Waals surface area (Å²) in [4.78, 5) is 34.1. The average molecular weight is 601 g/mol. The van der Waals surface area contributed by atoms with Crippen molar-refractivity contribution < 1.29 is 129 Å². The second-order valence-corrected chi connectivity index (χ2v) is 10.5. The molecule has 0 saturated carbocycles. The standard InChI is InChI=1S/C23H21N2O9S2.3Na/c1-14(26)11-15-5-7-16(8-6-15)12-21(27)24-13-22(28)25-18-9-10-19(35(29,30)31)17-3-2-4-20(23(17)18)36(32,33)34;;;/h3-10H,11-13H2,1H3,(H,24,27)(H,25,28)(H,29,30,31)(H,32,33,34);;;/q-1;3*+1/p-2. The number of Topliss-reactive ketones (excluding diaryl/α,β-unsaturated/α-hetero) is 1. The Hall–Kier alpha value is -0.650. The van der Waals surface area contributed by atoms with Gasteiger partial charge in [-0.25, -0.2) is 8.42 Å². The summed E-state index contributed by atoms with van der Waals surface area (Å²) in [5, 5.41) is 3.84. The van der Waals surface area contributed by atoms with Crippen LogP contribution in [0.5, 0.6) is 0 Å². The molecule has 0 radical (unpaired) electrons. The van der Waals surface area contributed by atoms with Gasteiger partial charge in [-0.15, -0.1) is 5.39 Å². The van der Waals surface area contributed by atoms with Crippen molar-refractivity contribution in [3.05, 3.63) is 65.7 Å². The van der Waals surface area contributed by atoms with E-state index in [-0.39, 0.29) is 113 Å². The summed E-state index contributed by atoms with van der Waals surface area (Å²) >= 11 is 0. The fourth-order valence-electron chi connectivity index (χ4n) is 3.48. The predicted molar refractivity (Wildman–Crippen MR) is 125 cm³/mol. The Morgan fingerprint density at radius 3 is 1.82 bits per heavy atom. The van der Waals surface area contributed by atoms with Gasteiger partial charge in [-0.3, -0.25) is 22.8 Å². The van der Waals surface area contributed by atoms with Crippen LogP contribution in [0, 0.1) is 6.07 Å². The van der Waals surface area contributed by atoms with Gasteiger partial charge in [-0.2, -0.15) is 18.2 Å². The molecule has 0 aliphatic carbocycles. The van der Waals surface area contributed by atoms with Crippen molar-refractivity contribution in [2.24, 2.45) is 0 Å². The number of carbonyl (C=O) groups excluding carboxylic acids is 3. The first-order chi connectivity index (χ1) is 16.8. The second kappa shape index (κ2) is 16.1. The van der Waals surface area contributed by atoms with Crippen LogP contribution in [0.25, 0.3) is 10.8 Å². The first-order valence-electron chi connectivity index (χ1n) is 10.3. The molecule has 2 N–H and O–H groups in total. The molecule has 2 amide bonds. The van der Waals surface area contributed by atoms with Crippen molar-refractivity contribution in [1.82, 2.24) is 5.32 Å². The predicted octanol–water partition coefficient (Wildman–Crippen LogP) is -8.11. The van der Waals surface area contributed by atoms with Gasteiger partial charge in [0.25, 0.3) is 0 Å². The monoisotopic (exact) mass is 600 g/mol. The molecule has 11 nitrogen and oxygen atoms in total. The third kappa shape index (κ3) is 10.9. The zero-order valence-corrected chi connectivity index (χ0v) is 29.4. The van der Waals surface area contributed by atoms with E-state index in [4.69, 9.17) is 0 Å². The smallest absolute Gasteiger partial charge is 0.754 e. The maximum atomic E-state index is 12.4. The van der Waals surface area contributed by atoms with E-state index >= 15 is 0 Å². The zero-order chi connectivity index (χ0) is 26.7. The molecule has 0 fully saturated rings. The van der Waals surface area contributed by atoms with Crippen molar-refractivity contribution in [2.75, 3.05) is 11.9 Å². The molecule has 3 rings (SSSR count). The van der Waals surface area contributed by atoms with Crippen LogP contribution in [0.3, 0.4) is 0 Å². The maximum Gasteiger partial charge on any atom is 1.00 e. The van der Waals surface area contributed by atoms with Crippen LogP contribution in [0.2, 0.25) is 0 Å². The molecule has 0 bridgehead atoms. The van der Waals surface area contributed by atoms with E-state index in [0.717, 1.165) is 29.8 Å². The minimum atomic E-state index is -5.14. The molecule has 0 atom stereocenters. The summed E-state index contributed by atoms with van der Waals surface area (Å²) < 4.78 is 69.9. The number of hydrogen-bond acceptors (Lipinski definition) is 9. The molecule has 0 saturated heterocycles. The molecule has 0 heterocycles. The van der Waals surface area contributed by atoms with Gasteiger partial charge >= 0.3 is 88.7 Å². The van der Waals surface area contributed by atoms with Crippen molar-refractivity contribution in [3.8, 4) is 0 Å². The van der Waals surface area contributed by atoms with Gasteiger partial charge in [0, 0.05) is 17.0 Å². The van der Waals surface area contributed by atoms with Crippen molar-refractivity contribution in [2.45, 2.75) is 29.6 Å². The summed E-state index contributed by atoms with van der Waals surface area (Å²) in [5.41, 5.74) is 1.19. The summed E-state index contributed by atoms with van der Waals surface area (Å²) in [7, 11) is -10.2. The molecule has 0 aliphatic rings. The Labute approximate surface area is 292 Å². The Balaban J connectivity index is 0.00000481. The van der Waals surface area contributed by atoms with Crippen LogP contribution in [0.4, 0.5) is 5.69 Å². The van der Waals surface area contributed by atoms with E-state index in [2.05, 4.69) is 16.7 Å². The van der Waals surface area contributed by atoms with Gasteiger partial charge < -0.3 is 19.7 Å². The normalized spacial score (nSPS) is 10.8. The number of hydrogen-bond donors (Lipinski definition) is 2. The van der Waals surface area contributed by atoms with Crippen LogP contribution >= 0.6 is 0 Å².